The minimum atomic E-state index is -0.268. The summed E-state index contributed by atoms with van der Waals surface area (Å²) < 4.78 is 0. The van der Waals surface area contributed by atoms with Gasteiger partial charge < -0.3 is 15.5 Å². The summed E-state index contributed by atoms with van der Waals surface area (Å²) >= 11 is 0. The first-order chi connectivity index (χ1) is 11.6. The molecule has 1 aromatic rings. The molecule has 2 N–H and O–H groups in total. The van der Waals surface area contributed by atoms with Crippen LogP contribution in [0.2, 0.25) is 0 Å². The molecule has 1 aliphatic heterocycles. The third kappa shape index (κ3) is 4.81. The maximum atomic E-state index is 12.4. The zero-order valence-corrected chi connectivity index (χ0v) is 14.3. The normalized spacial score (nSPS) is 20.4. The minimum Gasteiger partial charge on any atom is -0.353 e. The number of nitrogens with zero attached hydrogens (tertiary/aromatic N) is 1. The van der Waals surface area contributed by atoms with E-state index in [9.17, 15) is 9.59 Å². The van der Waals surface area contributed by atoms with Crippen LogP contribution in [0.1, 0.15) is 50.6 Å². The first-order valence-corrected chi connectivity index (χ1v) is 8.97. The standard InChI is InChI=1S/C19H27N3O2/c1-14(23)20-18(15-5-3-2-4-6-15)13-19(24)21-16-9-11-22(12-10-16)17-7-8-17/h2-6,16-18H,7-13H2,1H3,(H,20,23)(H,21,24). The van der Waals surface area contributed by atoms with Gasteiger partial charge in [-0.15, -0.1) is 0 Å². The summed E-state index contributed by atoms with van der Waals surface area (Å²) in [7, 11) is 0. The second kappa shape index (κ2) is 7.79. The van der Waals surface area contributed by atoms with Crippen molar-refractivity contribution in [3.05, 3.63) is 35.9 Å². The zero-order valence-electron chi connectivity index (χ0n) is 14.3. The number of hydrogen-bond acceptors (Lipinski definition) is 3. The molecule has 1 aliphatic carbocycles. The van der Waals surface area contributed by atoms with Gasteiger partial charge in [0, 0.05) is 32.1 Å². The summed E-state index contributed by atoms with van der Waals surface area (Å²) in [5.41, 5.74) is 0.964. The molecule has 24 heavy (non-hydrogen) atoms. The van der Waals surface area contributed by atoms with Crippen LogP contribution in [-0.4, -0.2) is 41.9 Å². The fourth-order valence-corrected chi connectivity index (χ4v) is 3.50. The highest BCUT2D eigenvalue weighted by Gasteiger charge is 2.32. The second-order valence-electron chi connectivity index (χ2n) is 6.98. The SMILES string of the molecule is CC(=O)NC(CC(=O)NC1CCN(C2CC2)CC1)c1ccccc1. The number of rotatable bonds is 6. The lowest BCUT2D eigenvalue weighted by atomic mass is 10.0. The van der Waals surface area contributed by atoms with Gasteiger partial charge in [0.05, 0.1) is 12.5 Å². The van der Waals surface area contributed by atoms with Crippen LogP contribution in [0.5, 0.6) is 0 Å². The third-order valence-corrected chi connectivity index (χ3v) is 4.93. The molecule has 1 saturated carbocycles. The van der Waals surface area contributed by atoms with Crippen molar-refractivity contribution in [1.29, 1.82) is 0 Å². The van der Waals surface area contributed by atoms with Crippen molar-refractivity contribution in [3.8, 4) is 0 Å². The van der Waals surface area contributed by atoms with Crippen molar-refractivity contribution < 1.29 is 9.59 Å². The summed E-state index contributed by atoms with van der Waals surface area (Å²) in [5.74, 6) is -0.100. The fourth-order valence-electron chi connectivity index (χ4n) is 3.50. The summed E-state index contributed by atoms with van der Waals surface area (Å²) in [6.45, 7) is 3.66. The van der Waals surface area contributed by atoms with Crippen LogP contribution in [-0.2, 0) is 9.59 Å². The molecule has 2 amide bonds. The monoisotopic (exact) mass is 329 g/mol. The molecule has 0 aromatic heterocycles. The number of nitrogens with one attached hydrogen (secondary N) is 2. The smallest absolute Gasteiger partial charge is 0.222 e. The van der Waals surface area contributed by atoms with E-state index in [1.165, 1.54) is 19.8 Å². The molecule has 1 saturated heterocycles. The zero-order chi connectivity index (χ0) is 16.9. The number of hydrogen-bond donors (Lipinski definition) is 2. The molecule has 5 nitrogen and oxygen atoms in total. The first-order valence-electron chi connectivity index (χ1n) is 8.97. The Hall–Kier alpha value is -1.88. The third-order valence-electron chi connectivity index (χ3n) is 4.93. The van der Waals surface area contributed by atoms with Gasteiger partial charge in [0.1, 0.15) is 0 Å². The average molecular weight is 329 g/mol. The summed E-state index contributed by atoms with van der Waals surface area (Å²) in [5, 5.41) is 6.04. The molecule has 2 aliphatic rings. The van der Waals surface area contributed by atoms with Crippen molar-refractivity contribution in [2.24, 2.45) is 0 Å². The van der Waals surface area contributed by atoms with Crippen LogP contribution in [0.25, 0.3) is 0 Å². The molecule has 1 aromatic carbocycles. The maximum Gasteiger partial charge on any atom is 0.222 e. The van der Waals surface area contributed by atoms with Gasteiger partial charge in [-0.1, -0.05) is 30.3 Å². The van der Waals surface area contributed by atoms with Crippen molar-refractivity contribution >= 4 is 11.8 Å². The highest BCUT2D eigenvalue weighted by atomic mass is 16.2. The van der Waals surface area contributed by atoms with E-state index in [0.717, 1.165) is 37.5 Å². The van der Waals surface area contributed by atoms with Gasteiger partial charge in [0.15, 0.2) is 0 Å². The van der Waals surface area contributed by atoms with Crippen molar-refractivity contribution in [1.82, 2.24) is 15.5 Å². The van der Waals surface area contributed by atoms with Crippen LogP contribution >= 0.6 is 0 Å². The van der Waals surface area contributed by atoms with Crippen molar-refractivity contribution in [2.75, 3.05) is 13.1 Å². The molecule has 0 spiro atoms. The van der Waals surface area contributed by atoms with E-state index >= 15 is 0 Å². The van der Waals surface area contributed by atoms with E-state index < -0.39 is 0 Å². The average Bonchev–Trinajstić information content (AvgIpc) is 3.40. The molecular weight excluding hydrogens is 302 g/mol. The molecule has 0 radical (unpaired) electrons. The predicted molar refractivity (Wildman–Crippen MR) is 93.4 cm³/mol. The van der Waals surface area contributed by atoms with Crippen LogP contribution in [0.3, 0.4) is 0 Å². The molecular formula is C19H27N3O2. The quantitative estimate of drug-likeness (QED) is 0.839. The van der Waals surface area contributed by atoms with Crippen molar-refractivity contribution in [3.63, 3.8) is 0 Å². The first kappa shape index (κ1) is 17.0. The molecule has 0 bridgehead atoms. The number of likely N-dealkylation sites (tertiary alicyclic amines) is 1. The summed E-state index contributed by atoms with van der Waals surface area (Å²) in [6, 6.07) is 10.5. The highest BCUT2D eigenvalue weighted by molar-refractivity contribution is 5.79. The van der Waals surface area contributed by atoms with E-state index in [-0.39, 0.29) is 30.3 Å². The Bertz CT molecular complexity index is 563. The van der Waals surface area contributed by atoms with Gasteiger partial charge in [0.2, 0.25) is 11.8 Å². The molecule has 2 fully saturated rings. The minimum absolute atomic E-state index is 0.0162. The molecule has 130 valence electrons. The van der Waals surface area contributed by atoms with Gasteiger partial charge in [-0.25, -0.2) is 0 Å². The number of amides is 2. The lowest BCUT2D eigenvalue weighted by Crippen LogP contribution is -2.46. The molecule has 1 atom stereocenters. The predicted octanol–water partition coefficient (Wildman–Crippen LogP) is 2.00. The Morgan fingerprint density at radius 1 is 1.12 bits per heavy atom. The maximum absolute atomic E-state index is 12.4. The van der Waals surface area contributed by atoms with Gasteiger partial charge >= 0.3 is 0 Å². The molecule has 1 heterocycles. The van der Waals surface area contributed by atoms with Gasteiger partial charge in [-0.3, -0.25) is 9.59 Å². The van der Waals surface area contributed by atoms with E-state index in [2.05, 4.69) is 15.5 Å². The van der Waals surface area contributed by atoms with E-state index in [1.54, 1.807) is 0 Å². The Labute approximate surface area is 143 Å². The van der Waals surface area contributed by atoms with Crippen LogP contribution in [0.15, 0.2) is 30.3 Å². The Morgan fingerprint density at radius 2 is 1.79 bits per heavy atom. The lowest BCUT2D eigenvalue weighted by Gasteiger charge is -2.32. The van der Waals surface area contributed by atoms with Crippen LogP contribution in [0.4, 0.5) is 0 Å². The van der Waals surface area contributed by atoms with Gasteiger partial charge in [0.25, 0.3) is 0 Å². The largest absolute Gasteiger partial charge is 0.353 e. The Balaban J connectivity index is 1.50. The second-order valence-corrected chi connectivity index (χ2v) is 6.98. The topological polar surface area (TPSA) is 61.4 Å². The molecule has 3 rings (SSSR count). The Kier molecular flexibility index (Phi) is 5.51. The lowest BCUT2D eigenvalue weighted by molar-refractivity contribution is -0.123. The number of carbonyl (C=O) groups excluding carboxylic acids is 2. The fraction of sp³-hybridized carbons (Fsp3) is 0.579. The number of piperidine rings is 1. The van der Waals surface area contributed by atoms with Gasteiger partial charge in [-0.2, -0.15) is 0 Å². The summed E-state index contributed by atoms with van der Waals surface area (Å²) in [4.78, 5) is 26.4. The van der Waals surface area contributed by atoms with Crippen molar-refractivity contribution in [2.45, 2.75) is 57.2 Å². The van der Waals surface area contributed by atoms with E-state index in [4.69, 9.17) is 0 Å². The van der Waals surface area contributed by atoms with Crippen LogP contribution in [0, 0.1) is 0 Å². The molecule has 1 unspecified atom stereocenters. The Morgan fingerprint density at radius 3 is 2.38 bits per heavy atom. The van der Waals surface area contributed by atoms with Gasteiger partial charge in [-0.05, 0) is 31.2 Å². The van der Waals surface area contributed by atoms with E-state index in [0.29, 0.717) is 0 Å². The number of benzene rings is 1. The van der Waals surface area contributed by atoms with E-state index in [1.807, 2.05) is 30.3 Å². The summed E-state index contributed by atoms with van der Waals surface area (Å²) in [6.07, 6.45) is 5.02. The molecule has 5 heteroatoms. The van der Waals surface area contributed by atoms with Crippen LogP contribution < -0.4 is 10.6 Å². The highest BCUT2D eigenvalue weighted by Crippen LogP contribution is 2.29. The number of carbonyl (C=O) groups is 2.